The summed E-state index contributed by atoms with van der Waals surface area (Å²) in [6.07, 6.45) is 6.06. The predicted molar refractivity (Wildman–Crippen MR) is 211 cm³/mol. The van der Waals surface area contributed by atoms with Crippen LogP contribution in [0.15, 0.2) is 54.6 Å². The molecule has 0 aromatic heterocycles. The first-order valence-electron chi connectivity index (χ1n) is 19.8. The Hall–Kier alpha value is -5.25. The van der Waals surface area contributed by atoms with Crippen LogP contribution in [0, 0.1) is 17.2 Å². The highest BCUT2D eigenvalue weighted by atomic mass is 35.5. The largest absolute Gasteiger partial charge is 0.372 e. The molecule has 3 aromatic rings. The predicted octanol–water partition coefficient (Wildman–Crippen LogP) is 5.41. The molecule has 0 radical (unpaired) electrons. The van der Waals surface area contributed by atoms with Gasteiger partial charge >= 0.3 is 0 Å². The lowest BCUT2D eigenvalue weighted by molar-refractivity contribution is -0.136. The molecule has 0 unspecified atom stereocenters. The maximum Gasteiger partial charge on any atom is 0.262 e. The number of amides is 5. The summed E-state index contributed by atoms with van der Waals surface area (Å²) in [6, 6.07) is 18.9. The molecule has 56 heavy (non-hydrogen) atoms. The van der Waals surface area contributed by atoms with Crippen LogP contribution in [0.3, 0.4) is 0 Å². The number of halogens is 1. The molecule has 4 heterocycles. The van der Waals surface area contributed by atoms with Gasteiger partial charge < -0.3 is 15.1 Å². The molecular weight excluding hydrogens is 730 g/mol. The van der Waals surface area contributed by atoms with Crippen LogP contribution in [0.2, 0.25) is 5.02 Å². The van der Waals surface area contributed by atoms with Gasteiger partial charge in [-0.1, -0.05) is 11.6 Å². The molecule has 0 bridgehead atoms. The highest BCUT2D eigenvalue weighted by molar-refractivity contribution is 6.32. The van der Waals surface area contributed by atoms with Crippen molar-refractivity contribution < 1.29 is 24.0 Å². The molecular formula is C43H46ClN7O5. The lowest BCUT2D eigenvalue weighted by Crippen LogP contribution is -2.54. The smallest absolute Gasteiger partial charge is 0.262 e. The Morgan fingerprint density at radius 2 is 1.55 bits per heavy atom. The molecule has 0 spiro atoms. The van der Waals surface area contributed by atoms with E-state index in [1.807, 2.05) is 48.5 Å². The minimum atomic E-state index is -0.960. The highest BCUT2D eigenvalue weighted by Crippen LogP contribution is 2.35. The van der Waals surface area contributed by atoms with Gasteiger partial charge in [0, 0.05) is 74.7 Å². The molecule has 12 nitrogen and oxygen atoms in total. The van der Waals surface area contributed by atoms with Crippen molar-refractivity contribution >= 4 is 52.5 Å². The molecule has 3 aromatic carbocycles. The number of imide groups is 2. The zero-order valence-electron chi connectivity index (χ0n) is 31.6. The van der Waals surface area contributed by atoms with Crippen LogP contribution in [-0.4, -0.2) is 83.6 Å². The van der Waals surface area contributed by atoms with Crippen LogP contribution in [0.5, 0.6) is 0 Å². The SMILES string of the molecule is CCN(c1ccc(C#N)c(Cl)c1)C1CCC(NC(=O)c2ccc(N3CCC(CN4Cc5cc6c(cc5C4)C(=O)N([C@H]4CCC(=O)NC4=O)C6=O)CC3)cc2)CC1. The number of hydrogen-bond acceptors (Lipinski definition) is 9. The Balaban J connectivity index is 0.787. The van der Waals surface area contributed by atoms with Crippen LogP contribution in [0.4, 0.5) is 11.4 Å². The third-order valence-corrected chi connectivity index (χ3v) is 12.7. The second-order valence-corrected chi connectivity index (χ2v) is 16.2. The van der Waals surface area contributed by atoms with Crippen molar-refractivity contribution in [3.63, 3.8) is 0 Å². The fourth-order valence-electron chi connectivity index (χ4n) is 9.36. The summed E-state index contributed by atoms with van der Waals surface area (Å²) >= 11 is 6.32. The fraction of sp³-hybridized carbons (Fsp3) is 0.442. The van der Waals surface area contributed by atoms with Crippen LogP contribution in [0.25, 0.3) is 0 Å². The molecule has 1 saturated carbocycles. The number of carbonyl (C=O) groups excluding carboxylic acids is 5. The highest BCUT2D eigenvalue weighted by Gasteiger charge is 2.45. The van der Waals surface area contributed by atoms with E-state index >= 15 is 0 Å². The zero-order chi connectivity index (χ0) is 39.1. The van der Waals surface area contributed by atoms with Gasteiger partial charge in [0.2, 0.25) is 11.8 Å². The summed E-state index contributed by atoms with van der Waals surface area (Å²) in [5.74, 6) is -1.44. The Kier molecular flexibility index (Phi) is 10.6. The third-order valence-electron chi connectivity index (χ3n) is 12.4. The van der Waals surface area contributed by atoms with Gasteiger partial charge in [0.15, 0.2) is 0 Å². The minimum Gasteiger partial charge on any atom is -0.372 e. The molecule has 8 rings (SSSR count). The van der Waals surface area contributed by atoms with Crippen LogP contribution in [0.1, 0.15) is 106 Å². The number of rotatable bonds is 9. The van der Waals surface area contributed by atoms with Crippen molar-refractivity contribution in [1.82, 2.24) is 20.4 Å². The van der Waals surface area contributed by atoms with Crippen molar-refractivity contribution in [1.29, 1.82) is 5.26 Å². The van der Waals surface area contributed by atoms with Gasteiger partial charge in [-0.2, -0.15) is 5.26 Å². The van der Waals surface area contributed by atoms with Gasteiger partial charge in [-0.05, 0) is 124 Å². The quantitative estimate of drug-likeness (QED) is 0.273. The minimum absolute atomic E-state index is 0.0397. The number of hydrogen-bond donors (Lipinski definition) is 2. The fourth-order valence-corrected chi connectivity index (χ4v) is 9.57. The standard InChI is InChI=1S/C43H46ClN7O5/c1-2-50(34-10-5-28(22-45)37(44)21-34)33-11-6-31(7-12-33)46-40(53)27-3-8-32(9-4-27)49-17-15-26(16-18-49)23-48-24-29-19-35-36(20-30(29)25-48)43(56)51(42(35)55)38-13-14-39(52)47-41(38)54/h3-5,8-10,19-21,26,31,33,38H,2,6-7,11-18,23-25H2,1H3,(H,46,53)(H,47,52,54)/t31?,33?,38-/m0/s1. The first-order chi connectivity index (χ1) is 27.1. The van der Waals surface area contributed by atoms with E-state index in [2.05, 4.69) is 38.3 Å². The Morgan fingerprint density at radius 1 is 0.893 bits per heavy atom. The summed E-state index contributed by atoms with van der Waals surface area (Å²) in [7, 11) is 0. The topological polar surface area (TPSA) is 146 Å². The van der Waals surface area contributed by atoms with Gasteiger partial charge in [-0.3, -0.25) is 39.1 Å². The molecule has 3 fully saturated rings. The number of anilines is 2. The second-order valence-electron chi connectivity index (χ2n) is 15.8. The first kappa shape index (κ1) is 37.7. The van der Waals surface area contributed by atoms with Gasteiger partial charge in [0.25, 0.3) is 17.7 Å². The summed E-state index contributed by atoms with van der Waals surface area (Å²) in [5.41, 5.74) is 6.05. The average molecular weight is 776 g/mol. The molecule has 2 saturated heterocycles. The third kappa shape index (κ3) is 7.38. The van der Waals surface area contributed by atoms with Gasteiger partial charge in [0.1, 0.15) is 12.1 Å². The van der Waals surface area contributed by atoms with E-state index in [4.69, 9.17) is 11.6 Å². The maximum atomic E-state index is 13.3. The first-order valence-corrected chi connectivity index (χ1v) is 20.2. The van der Waals surface area contributed by atoms with Crippen molar-refractivity contribution in [2.45, 2.75) is 89.5 Å². The number of carbonyl (C=O) groups is 5. The number of nitrogens with one attached hydrogen (secondary N) is 2. The number of fused-ring (bicyclic) bond motifs is 2. The summed E-state index contributed by atoms with van der Waals surface area (Å²) in [6.45, 7) is 7.17. The molecule has 2 N–H and O–H groups in total. The summed E-state index contributed by atoms with van der Waals surface area (Å²) < 4.78 is 0. The van der Waals surface area contributed by atoms with Gasteiger partial charge in [-0.25, -0.2) is 0 Å². The molecule has 5 amide bonds. The normalized spacial score (nSPS) is 22.8. The van der Waals surface area contributed by atoms with Gasteiger partial charge in [-0.15, -0.1) is 0 Å². The summed E-state index contributed by atoms with van der Waals surface area (Å²) in [5, 5.41) is 15.2. The number of piperidine rings is 2. The van der Waals surface area contributed by atoms with Gasteiger partial charge in [0.05, 0.1) is 21.7 Å². The van der Waals surface area contributed by atoms with E-state index in [1.54, 1.807) is 6.07 Å². The number of benzene rings is 3. The molecule has 290 valence electrons. The van der Waals surface area contributed by atoms with Crippen molar-refractivity contribution in [2.75, 3.05) is 36.0 Å². The van der Waals surface area contributed by atoms with Crippen LogP contribution >= 0.6 is 11.6 Å². The van der Waals surface area contributed by atoms with E-state index in [1.165, 1.54) is 0 Å². The number of nitriles is 1. The monoisotopic (exact) mass is 775 g/mol. The Labute approximate surface area is 331 Å². The van der Waals surface area contributed by atoms with E-state index in [0.29, 0.717) is 52.3 Å². The van der Waals surface area contributed by atoms with Crippen LogP contribution in [-0.2, 0) is 22.7 Å². The van der Waals surface area contributed by atoms with E-state index in [-0.39, 0.29) is 30.7 Å². The van der Waals surface area contributed by atoms with Crippen molar-refractivity contribution in [3.05, 3.63) is 93.0 Å². The molecule has 1 aliphatic carbocycles. The average Bonchev–Trinajstić information content (AvgIpc) is 3.70. The Morgan fingerprint density at radius 3 is 2.14 bits per heavy atom. The van der Waals surface area contributed by atoms with Crippen molar-refractivity contribution in [2.24, 2.45) is 5.92 Å². The Bertz CT molecular complexity index is 2070. The van der Waals surface area contributed by atoms with E-state index in [9.17, 15) is 29.2 Å². The summed E-state index contributed by atoms with van der Waals surface area (Å²) in [4.78, 5) is 72.0. The van der Waals surface area contributed by atoms with E-state index in [0.717, 1.165) is 92.1 Å². The lowest BCUT2D eigenvalue weighted by atomic mass is 9.89. The zero-order valence-corrected chi connectivity index (χ0v) is 32.3. The second kappa shape index (κ2) is 15.7. The molecule has 1 atom stereocenters. The lowest BCUT2D eigenvalue weighted by Gasteiger charge is -2.38. The maximum absolute atomic E-state index is 13.3. The van der Waals surface area contributed by atoms with Crippen molar-refractivity contribution in [3.8, 4) is 6.07 Å². The van der Waals surface area contributed by atoms with E-state index < -0.39 is 23.8 Å². The molecule has 13 heteroatoms. The molecule has 4 aliphatic heterocycles. The number of nitrogens with zero attached hydrogens (tertiary/aromatic N) is 5. The van der Waals surface area contributed by atoms with Crippen LogP contribution < -0.4 is 20.4 Å². The molecule has 5 aliphatic rings.